The molecule has 15 aromatic rings. The van der Waals surface area contributed by atoms with Crippen molar-refractivity contribution in [3.8, 4) is 61.3 Å². The third kappa shape index (κ3) is 11.1. The van der Waals surface area contributed by atoms with E-state index in [0.717, 1.165) is 112 Å². The first-order chi connectivity index (χ1) is 49.2. The summed E-state index contributed by atoms with van der Waals surface area (Å²) in [5.74, 6) is 0. The number of benzene rings is 13. The van der Waals surface area contributed by atoms with E-state index in [4.69, 9.17) is 4.42 Å². The maximum Gasteiger partial charge on any atom is 0.252 e. The molecule has 0 unspecified atom stereocenters. The molecule has 0 N–H and O–H groups in total. The fourth-order valence-electron chi connectivity index (χ4n) is 16.4. The van der Waals surface area contributed by atoms with Crippen molar-refractivity contribution in [3.05, 3.63) is 301 Å². The van der Waals surface area contributed by atoms with Crippen LogP contribution in [0.2, 0.25) is 0 Å². The van der Waals surface area contributed by atoms with Gasteiger partial charge >= 0.3 is 0 Å². The number of hydrogen-bond acceptors (Lipinski definition) is 3. The second-order valence-electron chi connectivity index (χ2n) is 34.2. The first kappa shape index (κ1) is 65.4. The molecule has 13 aromatic carbocycles. The molecule has 103 heavy (non-hydrogen) atoms. The Labute approximate surface area is 609 Å². The second kappa shape index (κ2) is 23.9. The number of hydrogen-bond donors (Lipinski definition) is 0. The molecule has 2 aromatic heterocycles. The molecule has 0 saturated heterocycles. The van der Waals surface area contributed by atoms with Crippen LogP contribution < -0.4 is 26.2 Å². The zero-order chi connectivity index (χ0) is 71.4. The molecular formula is C98H90BN3O. The van der Waals surface area contributed by atoms with Crippen LogP contribution in [0.4, 0.5) is 34.1 Å². The molecule has 2 aliphatic rings. The van der Waals surface area contributed by atoms with Gasteiger partial charge in [-0.25, -0.2) is 0 Å². The van der Waals surface area contributed by atoms with Crippen LogP contribution in [-0.2, 0) is 27.1 Å². The van der Waals surface area contributed by atoms with Crippen LogP contribution in [0.25, 0.3) is 105 Å². The van der Waals surface area contributed by atoms with E-state index in [1.54, 1.807) is 0 Å². The summed E-state index contributed by atoms with van der Waals surface area (Å²) in [6.07, 6.45) is 0. The lowest BCUT2D eigenvalue weighted by molar-refractivity contribution is 0.569. The lowest BCUT2D eigenvalue weighted by Crippen LogP contribution is -2.61. The monoisotopic (exact) mass is 1340 g/mol. The number of rotatable bonds is 8. The van der Waals surface area contributed by atoms with Crippen LogP contribution in [0.3, 0.4) is 0 Å². The molecule has 4 heterocycles. The number of furan rings is 1. The Morgan fingerprint density at radius 2 is 0.699 bits per heavy atom. The van der Waals surface area contributed by atoms with E-state index in [-0.39, 0.29) is 33.8 Å². The summed E-state index contributed by atoms with van der Waals surface area (Å²) < 4.78 is 9.64. The van der Waals surface area contributed by atoms with Gasteiger partial charge in [-0.15, -0.1) is 0 Å². The minimum atomic E-state index is -0.252. The number of fused-ring (bicyclic) bond motifs is 10. The Morgan fingerprint density at radius 3 is 1.24 bits per heavy atom. The Morgan fingerprint density at radius 1 is 0.272 bits per heavy atom. The molecule has 5 heteroatoms. The summed E-state index contributed by atoms with van der Waals surface area (Å²) in [5, 5.41) is 4.66. The van der Waals surface area contributed by atoms with E-state index in [1.807, 2.05) is 0 Å². The molecule has 0 fully saturated rings. The van der Waals surface area contributed by atoms with Crippen LogP contribution >= 0.6 is 0 Å². The maximum absolute atomic E-state index is 7.08. The molecule has 0 bridgehead atoms. The fourth-order valence-corrected chi connectivity index (χ4v) is 16.4. The van der Waals surface area contributed by atoms with Gasteiger partial charge < -0.3 is 18.8 Å². The van der Waals surface area contributed by atoms with Crippen LogP contribution in [0.15, 0.2) is 277 Å². The van der Waals surface area contributed by atoms with Gasteiger partial charge in [0.25, 0.3) is 6.71 Å². The van der Waals surface area contributed by atoms with E-state index < -0.39 is 0 Å². The van der Waals surface area contributed by atoms with Gasteiger partial charge in [0.2, 0.25) is 0 Å². The molecule has 4 nitrogen and oxygen atoms in total. The summed E-state index contributed by atoms with van der Waals surface area (Å²) >= 11 is 0. The third-order valence-corrected chi connectivity index (χ3v) is 22.1. The van der Waals surface area contributed by atoms with Crippen LogP contribution in [0.5, 0.6) is 0 Å². The van der Waals surface area contributed by atoms with Gasteiger partial charge in [0.1, 0.15) is 11.2 Å². The lowest BCUT2D eigenvalue weighted by Gasteiger charge is -2.46. The fraction of sp³-hybridized carbons (Fsp3) is 0.204. The minimum absolute atomic E-state index is 0.0568. The highest BCUT2D eigenvalue weighted by Gasteiger charge is 2.46. The van der Waals surface area contributed by atoms with Crippen LogP contribution in [0, 0.1) is 0 Å². The Kier molecular flexibility index (Phi) is 15.2. The van der Waals surface area contributed by atoms with Gasteiger partial charge in [-0.1, -0.05) is 304 Å². The summed E-state index contributed by atoms with van der Waals surface area (Å²) in [4.78, 5) is 5.39. The third-order valence-electron chi connectivity index (χ3n) is 22.1. The molecule has 506 valence electrons. The Bertz CT molecular complexity index is 5730. The van der Waals surface area contributed by atoms with Crippen LogP contribution in [0.1, 0.15) is 132 Å². The van der Waals surface area contributed by atoms with E-state index in [9.17, 15) is 0 Å². The Balaban J connectivity index is 1.07. The van der Waals surface area contributed by atoms with E-state index >= 15 is 0 Å². The molecular weight excluding hydrogens is 1250 g/mol. The highest BCUT2D eigenvalue weighted by atomic mass is 16.3. The number of nitrogens with zero attached hydrogens (tertiary/aromatic N) is 3. The predicted octanol–water partition coefficient (Wildman–Crippen LogP) is 25.6. The topological polar surface area (TPSA) is 24.6 Å². The summed E-state index contributed by atoms with van der Waals surface area (Å²) in [6, 6.07) is 105. The zero-order valence-electron chi connectivity index (χ0n) is 62.3. The van der Waals surface area contributed by atoms with Gasteiger partial charge in [-0.05, 0) is 183 Å². The molecule has 0 amide bonds. The highest BCUT2D eigenvalue weighted by molar-refractivity contribution is 7.00. The van der Waals surface area contributed by atoms with E-state index in [2.05, 4.69) is 391 Å². The first-order valence-electron chi connectivity index (χ1n) is 36.9. The number of aromatic nitrogens is 1. The van der Waals surface area contributed by atoms with Gasteiger partial charge in [-0.2, -0.15) is 0 Å². The average molecular weight is 1340 g/mol. The lowest BCUT2D eigenvalue weighted by atomic mass is 9.33. The molecule has 0 aliphatic carbocycles. The van der Waals surface area contributed by atoms with Crippen molar-refractivity contribution in [2.45, 2.75) is 131 Å². The number of para-hydroxylation sites is 2. The largest absolute Gasteiger partial charge is 0.456 e. The molecule has 0 radical (unpaired) electrons. The van der Waals surface area contributed by atoms with Crippen molar-refractivity contribution >= 4 is 101 Å². The second-order valence-corrected chi connectivity index (χ2v) is 34.2. The standard InChI is InChI=1S/C98H90BN3O/c1-94(2,3)68-36-27-35-64(51-68)67-55-86-91-87(56-67)102(93-76(63-33-23-18-24-34-63)45-50-89-90(93)77-37-25-26-40-88(77)103-89)84-54-65(66-52-71(97(10,11)12)57-72(53-66)98(13,14)15)41-46-80(84)99(91)81-47-44-73(100-82-48-42-69(95(4,5)6)58-78(82)79-59-70(96(7,8)9)43-49-83(79)100)60-85(81)101(86)92-74(61-29-19-16-20-30-61)38-28-39-75(92)62-31-21-17-22-32-62/h16-60H,1-15H3. The van der Waals surface area contributed by atoms with Crippen molar-refractivity contribution in [2.75, 3.05) is 9.80 Å². The summed E-state index contributed by atoms with van der Waals surface area (Å²) in [7, 11) is 0. The molecule has 0 atom stereocenters. The van der Waals surface area contributed by atoms with Gasteiger partial charge in [0.15, 0.2) is 0 Å². The van der Waals surface area contributed by atoms with E-state index in [1.165, 1.54) is 71.6 Å². The van der Waals surface area contributed by atoms with Crippen molar-refractivity contribution in [3.63, 3.8) is 0 Å². The van der Waals surface area contributed by atoms with Gasteiger partial charge in [0.05, 0.1) is 27.8 Å². The maximum atomic E-state index is 7.08. The average Bonchev–Trinajstić information content (AvgIpc) is 1.08. The minimum Gasteiger partial charge on any atom is -0.456 e. The van der Waals surface area contributed by atoms with Crippen LogP contribution in [-0.4, -0.2) is 11.3 Å². The summed E-state index contributed by atoms with van der Waals surface area (Å²) in [5.41, 5.74) is 33.0. The quantitative estimate of drug-likeness (QED) is 0.142. The predicted molar refractivity (Wildman–Crippen MR) is 443 cm³/mol. The van der Waals surface area contributed by atoms with Crippen molar-refractivity contribution in [1.29, 1.82) is 0 Å². The smallest absolute Gasteiger partial charge is 0.252 e. The molecule has 2 aliphatic heterocycles. The van der Waals surface area contributed by atoms with Crippen molar-refractivity contribution in [2.24, 2.45) is 0 Å². The normalized spacial score (nSPS) is 13.3. The van der Waals surface area contributed by atoms with Crippen molar-refractivity contribution in [1.82, 2.24) is 4.57 Å². The Hall–Kier alpha value is -10.9. The highest BCUT2D eigenvalue weighted by Crippen LogP contribution is 2.55. The van der Waals surface area contributed by atoms with Gasteiger partial charge in [0, 0.05) is 61.3 Å². The molecule has 17 rings (SSSR count). The summed E-state index contributed by atoms with van der Waals surface area (Å²) in [6.45, 7) is 34.8. The van der Waals surface area contributed by atoms with E-state index in [0.29, 0.717) is 0 Å². The number of anilines is 6. The SMILES string of the molecule is CC(C)(C)c1cccc(-c2cc3c4c(c2)N(c2c(-c5ccccc5)ccc5oc6ccccc6c25)c2cc(-c5cc(C(C)(C)C)cc(C(C)(C)C)c5)ccc2B4c2ccc(-n4c5ccc(C(C)(C)C)cc5c5cc(C(C)(C)C)ccc54)cc2N3c2c(-c3ccccc3)cccc2-c2ccccc2)c1. The molecule has 0 spiro atoms. The molecule has 0 saturated carbocycles. The zero-order valence-corrected chi connectivity index (χ0v) is 62.3. The van der Waals surface area contributed by atoms with Crippen molar-refractivity contribution < 1.29 is 4.42 Å². The van der Waals surface area contributed by atoms with Gasteiger partial charge in [-0.3, -0.25) is 0 Å². The first-order valence-corrected chi connectivity index (χ1v) is 36.9.